The van der Waals surface area contributed by atoms with E-state index in [9.17, 15) is 4.79 Å². The summed E-state index contributed by atoms with van der Waals surface area (Å²) in [7, 11) is 0. The number of urea groups is 1. The van der Waals surface area contributed by atoms with E-state index in [2.05, 4.69) is 5.32 Å². The smallest absolute Gasteiger partial charge is 0.323 e. The highest BCUT2D eigenvalue weighted by Gasteiger charge is 2.32. The lowest BCUT2D eigenvalue weighted by Crippen LogP contribution is -2.34. The number of anilines is 1. The summed E-state index contributed by atoms with van der Waals surface area (Å²) in [6, 6.07) is 10.7. The van der Waals surface area contributed by atoms with Gasteiger partial charge in [0.1, 0.15) is 11.1 Å². The molecule has 0 saturated carbocycles. The van der Waals surface area contributed by atoms with Gasteiger partial charge in [-0.1, -0.05) is 11.6 Å². The Balaban J connectivity index is 1.71. The number of carbonyl (C=O) groups excluding carboxylic acids is 1. The Morgan fingerprint density at radius 2 is 2.15 bits per heavy atom. The molecule has 104 valence electrons. The zero-order chi connectivity index (χ0) is 13.9. The molecule has 2 aromatic rings. The summed E-state index contributed by atoms with van der Waals surface area (Å²) in [6.07, 6.45) is 1.63. The highest BCUT2D eigenvalue weighted by molar-refractivity contribution is 7.99. The molecule has 0 spiro atoms. The van der Waals surface area contributed by atoms with Crippen molar-refractivity contribution in [2.45, 2.75) is 5.37 Å². The molecule has 1 aromatic carbocycles. The minimum absolute atomic E-state index is 0.0581. The Kier molecular flexibility index (Phi) is 3.89. The predicted octanol–water partition coefficient (Wildman–Crippen LogP) is 4.21. The Labute approximate surface area is 126 Å². The number of carbonyl (C=O) groups is 1. The molecular weight excluding hydrogens is 296 g/mol. The summed E-state index contributed by atoms with van der Waals surface area (Å²) in [4.78, 5) is 14.1. The molecule has 1 aliphatic heterocycles. The summed E-state index contributed by atoms with van der Waals surface area (Å²) in [6.45, 7) is 0.704. The van der Waals surface area contributed by atoms with Gasteiger partial charge in [0.05, 0.1) is 6.26 Å². The molecule has 1 aliphatic rings. The van der Waals surface area contributed by atoms with Gasteiger partial charge >= 0.3 is 6.03 Å². The number of benzene rings is 1. The molecule has 2 heterocycles. The largest absolute Gasteiger partial charge is 0.466 e. The molecule has 1 fully saturated rings. The van der Waals surface area contributed by atoms with Crippen molar-refractivity contribution in [2.24, 2.45) is 0 Å². The van der Waals surface area contributed by atoms with Crippen LogP contribution in [0.25, 0.3) is 0 Å². The quantitative estimate of drug-likeness (QED) is 0.903. The first-order chi connectivity index (χ1) is 9.74. The second-order valence-electron chi connectivity index (χ2n) is 4.37. The Bertz CT molecular complexity index is 586. The van der Waals surface area contributed by atoms with Crippen LogP contribution in [0.15, 0.2) is 47.1 Å². The number of nitrogens with one attached hydrogen (secondary N) is 1. The Hall–Kier alpha value is -1.59. The predicted molar refractivity (Wildman–Crippen MR) is 81.1 cm³/mol. The van der Waals surface area contributed by atoms with Crippen LogP contribution in [0.2, 0.25) is 5.02 Å². The maximum absolute atomic E-state index is 12.3. The van der Waals surface area contributed by atoms with E-state index in [-0.39, 0.29) is 11.4 Å². The standard InChI is InChI=1S/C14H13ClN2O2S/c15-10-3-5-11(6-4-10)16-14(18)17-7-9-20-13(17)12-2-1-8-19-12/h1-6,8,13H,7,9H2,(H,16,18)/t13-/m1/s1. The van der Waals surface area contributed by atoms with E-state index < -0.39 is 0 Å². The zero-order valence-electron chi connectivity index (χ0n) is 10.6. The lowest BCUT2D eigenvalue weighted by atomic mass is 10.3. The van der Waals surface area contributed by atoms with Crippen LogP contribution < -0.4 is 5.32 Å². The van der Waals surface area contributed by atoms with Gasteiger partial charge in [-0.3, -0.25) is 0 Å². The average molecular weight is 309 g/mol. The van der Waals surface area contributed by atoms with Crippen molar-refractivity contribution < 1.29 is 9.21 Å². The van der Waals surface area contributed by atoms with Crippen molar-refractivity contribution in [3.05, 3.63) is 53.4 Å². The molecule has 0 unspecified atom stereocenters. The molecular formula is C14H13ClN2O2S. The topological polar surface area (TPSA) is 45.5 Å². The molecule has 1 N–H and O–H groups in total. The number of rotatable bonds is 2. The van der Waals surface area contributed by atoms with Gasteiger partial charge in [0.2, 0.25) is 0 Å². The van der Waals surface area contributed by atoms with Gasteiger partial charge in [0.15, 0.2) is 0 Å². The van der Waals surface area contributed by atoms with E-state index in [1.807, 2.05) is 12.1 Å². The number of nitrogens with zero attached hydrogens (tertiary/aromatic N) is 1. The van der Waals surface area contributed by atoms with E-state index in [0.29, 0.717) is 11.6 Å². The van der Waals surface area contributed by atoms with E-state index in [0.717, 1.165) is 17.2 Å². The van der Waals surface area contributed by atoms with Crippen LogP contribution in [0.5, 0.6) is 0 Å². The first-order valence-electron chi connectivity index (χ1n) is 6.22. The number of halogens is 1. The molecule has 0 radical (unpaired) electrons. The van der Waals surface area contributed by atoms with Gasteiger partial charge in [0.25, 0.3) is 0 Å². The number of hydrogen-bond donors (Lipinski definition) is 1. The number of hydrogen-bond acceptors (Lipinski definition) is 3. The maximum Gasteiger partial charge on any atom is 0.323 e. The molecule has 4 nitrogen and oxygen atoms in total. The van der Waals surface area contributed by atoms with Gasteiger partial charge in [0, 0.05) is 23.0 Å². The summed E-state index contributed by atoms with van der Waals surface area (Å²) in [5.41, 5.74) is 0.731. The summed E-state index contributed by atoms with van der Waals surface area (Å²) in [5, 5.41) is 3.46. The summed E-state index contributed by atoms with van der Waals surface area (Å²) in [5.74, 6) is 1.71. The molecule has 2 amide bonds. The van der Waals surface area contributed by atoms with Crippen molar-refractivity contribution >= 4 is 35.1 Å². The fraction of sp³-hybridized carbons (Fsp3) is 0.214. The van der Waals surface area contributed by atoms with Crippen LogP contribution in [0.1, 0.15) is 11.1 Å². The zero-order valence-corrected chi connectivity index (χ0v) is 12.2. The highest BCUT2D eigenvalue weighted by Crippen LogP contribution is 2.38. The first kappa shape index (κ1) is 13.4. The normalized spacial score (nSPS) is 18.2. The van der Waals surface area contributed by atoms with Crippen molar-refractivity contribution in [1.29, 1.82) is 0 Å². The second kappa shape index (κ2) is 5.81. The third-order valence-electron chi connectivity index (χ3n) is 3.03. The Morgan fingerprint density at radius 1 is 1.35 bits per heavy atom. The van der Waals surface area contributed by atoms with Gasteiger partial charge in [-0.05, 0) is 36.4 Å². The van der Waals surface area contributed by atoms with Crippen molar-refractivity contribution in [2.75, 3.05) is 17.6 Å². The van der Waals surface area contributed by atoms with E-state index in [1.54, 1.807) is 47.2 Å². The molecule has 6 heteroatoms. The van der Waals surface area contributed by atoms with Gasteiger partial charge in [-0.15, -0.1) is 11.8 Å². The Morgan fingerprint density at radius 3 is 2.85 bits per heavy atom. The molecule has 1 atom stereocenters. The van der Waals surface area contributed by atoms with Gasteiger partial charge in [-0.2, -0.15) is 0 Å². The van der Waals surface area contributed by atoms with Crippen LogP contribution in [0.4, 0.5) is 10.5 Å². The fourth-order valence-corrected chi connectivity index (χ4v) is 3.40. The number of furan rings is 1. The number of amides is 2. The lowest BCUT2D eigenvalue weighted by Gasteiger charge is -2.22. The van der Waals surface area contributed by atoms with Crippen LogP contribution in [-0.4, -0.2) is 23.2 Å². The minimum Gasteiger partial charge on any atom is -0.466 e. The molecule has 1 saturated heterocycles. The molecule has 0 bridgehead atoms. The molecule has 3 rings (SSSR count). The van der Waals surface area contributed by atoms with Crippen LogP contribution in [0.3, 0.4) is 0 Å². The highest BCUT2D eigenvalue weighted by atomic mass is 35.5. The third-order valence-corrected chi connectivity index (χ3v) is 4.51. The third kappa shape index (κ3) is 2.78. The minimum atomic E-state index is -0.126. The van der Waals surface area contributed by atoms with Gasteiger partial charge < -0.3 is 14.6 Å². The van der Waals surface area contributed by atoms with Crippen molar-refractivity contribution in [3.63, 3.8) is 0 Å². The average Bonchev–Trinajstić information content (AvgIpc) is 3.11. The van der Waals surface area contributed by atoms with Crippen LogP contribution in [-0.2, 0) is 0 Å². The van der Waals surface area contributed by atoms with E-state index in [1.165, 1.54) is 0 Å². The molecule has 20 heavy (non-hydrogen) atoms. The first-order valence-corrected chi connectivity index (χ1v) is 7.65. The van der Waals surface area contributed by atoms with Gasteiger partial charge in [-0.25, -0.2) is 4.79 Å². The van der Waals surface area contributed by atoms with Crippen molar-refractivity contribution in [1.82, 2.24) is 4.90 Å². The monoisotopic (exact) mass is 308 g/mol. The summed E-state index contributed by atoms with van der Waals surface area (Å²) < 4.78 is 5.40. The van der Waals surface area contributed by atoms with Crippen LogP contribution >= 0.6 is 23.4 Å². The lowest BCUT2D eigenvalue weighted by molar-refractivity contribution is 0.210. The fourth-order valence-electron chi connectivity index (χ4n) is 2.07. The molecule has 1 aromatic heterocycles. The van der Waals surface area contributed by atoms with E-state index >= 15 is 0 Å². The molecule has 0 aliphatic carbocycles. The number of thioether (sulfide) groups is 1. The van der Waals surface area contributed by atoms with Crippen molar-refractivity contribution in [3.8, 4) is 0 Å². The maximum atomic E-state index is 12.3. The van der Waals surface area contributed by atoms with Crippen LogP contribution in [0, 0.1) is 0 Å². The second-order valence-corrected chi connectivity index (χ2v) is 5.99. The van der Waals surface area contributed by atoms with E-state index in [4.69, 9.17) is 16.0 Å². The summed E-state index contributed by atoms with van der Waals surface area (Å²) >= 11 is 7.53. The SMILES string of the molecule is O=C(Nc1ccc(Cl)cc1)N1CCS[C@@H]1c1ccco1.